The summed E-state index contributed by atoms with van der Waals surface area (Å²) in [7, 11) is 0. The Labute approximate surface area is 249 Å². The molecule has 0 aromatic carbocycles. The Kier molecular flexibility index (Phi) is 16.1. The third-order valence-corrected chi connectivity index (χ3v) is 9.13. The molecule has 12 nitrogen and oxygen atoms in total. The van der Waals surface area contributed by atoms with Crippen molar-refractivity contribution in [3.8, 4) is 0 Å². The van der Waals surface area contributed by atoms with Crippen LogP contribution in [0.2, 0.25) is 0 Å². The predicted molar refractivity (Wildman–Crippen MR) is 158 cm³/mol. The molecule has 3 saturated heterocycles. The topological polar surface area (TPSA) is 131 Å². The summed E-state index contributed by atoms with van der Waals surface area (Å²) in [5.74, 6) is 1.17. The summed E-state index contributed by atoms with van der Waals surface area (Å²) in [5, 5.41) is 9.29. The number of hydrogen-bond donors (Lipinski definition) is 3. The zero-order chi connectivity index (χ0) is 29.3. The van der Waals surface area contributed by atoms with E-state index in [0.29, 0.717) is 83.5 Å². The first-order valence-electron chi connectivity index (χ1n) is 15.2. The van der Waals surface area contributed by atoms with Crippen LogP contribution in [0.15, 0.2) is 0 Å². The number of carbonyl (C=O) groups excluding carboxylic acids is 3. The maximum Gasteiger partial charge on any atom is 0.315 e. The highest BCUT2D eigenvalue weighted by Gasteiger charge is 2.42. The molecule has 0 bridgehead atoms. The van der Waals surface area contributed by atoms with E-state index in [1.165, 1.54) is 0 Å². The standard InChI is InChI=1S/C28H51N5O7S/c1-22(2)32-9-11-33(12-10-32)26(35)7-13-37-15-17-39-19-20-40-18-16-38-14-8-29-25(34)6-4-3-5-24-27-23(21-41-24)30-28(36)31-27/h22-24,27H,3-21H2,1-2H3,(H,29,34)(H2,30,31,36). The van der Waals surface area contributed by atoms with Crippen LogP contribution in [-0.2, 0) is 28.5 Å². The van der Waals surface area contributed by atoms with Crippen LogP contribution in [0.4, 0.5) is 4.79 Å². The van der Waals surface area contributed by atoms with Crippen molar-refractivity contribution < 1.29 is 33.3 Å². The van der Waals surface area contributed by atoms with Crippen LogP contribution in [0.25, 0.3) is 0 Å². The van der Waals surface area contributed by atoms with Crippen LogP contribution >= 0.6 is 11.8 Å². The molecule has 0 spiro atoms. The van der Waals surface area contributed by atoms with Gasteiger partial charge in [0.1, 0.15) is 0 Å². The number of nitrogens with zero attached hydrogens (tertiary/aromatic N) is 2. The van der Waals surface area contributed by atoms with E-state index in [2.05, 4.69) is 34.7 Å². The molecule has 3 atom stereocenters. The zero-order valence-electron chi connectivity index (χ0n) is 24.9. The molecule has 0 radical (unpaired) electrons. The summed E-state index contributed by atoms with van der Waals surface area (Å²) in [6.07, 6.45) is 3.77. The second-order valence-corrected chi connectivity index (χ2v) is 12.2. The van der Waals surface area contributed by atoms with Crippen LogP contribution in [0.1, 0.15) is 46.0 Å². The Morgan fingerprint density at radius 2 is 1.51 bits per heavy atom. The van der Waals surface area contributed by atoms with Gasteiger partial charge in [-0.05, 0) is 26.7 Å². The van der Waals surface area contributed by atoms with Gasteiger partial charge in [0, 0.05) is 56.2 Å². The summed E-state index contributed by atoms with van der Waals surface area (Å²) < 4.78 is 22.0. The number of nitrogens with one attached hydrogen (secondary N) is 3. The first-order chi connectivity index (χ1) is 19.9. The average Bonchev–Trinajstić information content (AvgIpc) is 3.52. The molecule has 0 aromatic heterocycles. The van der Waals surface area contributed by atoms with Crippen molar-refractivity contribution in [1.29, 1.82) is 0 Å². The number of fused-ring (bicyclic) bond motifs is 1. The summed E-state index contributed by atoms with van der Waals surface area (Å²) in [5.41, 5.74) is 0. The molecule has 3 unspecified atom stereocenters. The maximum absolute atomic E-state index is 12.3. The molecule has 236 valence electrons. The number of piperazine rings is 1. The van der Waals surface area contributed by atoms with E-state index in [1.807, 2.05) is 16.7 Å². The molecule has 3 N–H and O–H groups in total. The van der Waals surface area contributed by atoms with E-state index in [-0.39, 0.29) is 29.9 Å². The summed E-state index contributed by atoms with van der Waals surface area (Å²) >= 11 is 1.90. The molecule has 3 aliphatic rings. The number of amides is 4. The van der Waals surface area contributed by atoms with Gasteiger partial charge in [-0.2, -0.15) is 11.8 Å². The monoisotopic (exact) mass is 601 g/mol. The molecular formula is C28H51N5O7S. The van der Waals surface area contributed by atoms with Crippen molar-refractivity contribution >= 4 is 29.6 Å². The lowest BCUT2D eigenvalue weighted by Crippen LogP contribution is -2.50. The van der Waals surface area contributed by atoms with Crippen LogP contribution in [0.5, 0.6) is 0 Å². The molecule has 3 rings (SSSR count). The highest BCUT2D eigenvalue weighted by Crippen LogP contribution is 2.33. The van der Waals surface area contributed by atoms with Gasteiger partial charge in [-0.3, -0.25) is 14.5 Å². The number of ether oxygens (including phenoxy) is 4. The van der Waals surface area contributed by atoms with Crippen molar-refractivity contribution in [2.24, 2.45) is 0 Å². The van der Waals surface area contributed by atoms with E-state index in [9.17, 15) is 14.4 Å². The van der Waals surface area contributed by atoms with Crippen LogP contribution in [0, 0.1) is 0 Å². The number of urea groups is 1. The number of unbranched alkanes of at least 4 members (excludes halogenated alkanes) is 1. The average molecular weight is 602 g/mol. The van der Waals surface area contributed by atoms with Crippen molar-refractivity contribution in [2.75, 3.05) is 91.3 Å². The van der Waals surface area contributed by atoms with Gasteiger partial charge >= 0.3 is 6.03 Å². The van der Waals surface area contributed by atoms with E-state index < -0.39 is 0 Å². The first-order valence-corrected chi connectivity index (χ1v) is 16.3. The van der Waals surface area contributed by atoms with E-state index in [4.69, 9.17) is 18.9 Å². The molecular weight excluding hydrogens is 550 g/mol. The minimum Gasteiger partial charge on any atom is -0.379 e. The minimum absolute atomic E-state index is 0.0468. The summed E-state index contributed by atoms with van der Waals surface area (Å²) in [4.78, 5) is 40.0. The van der Waals surface area contributed by atoms with E-state index >= 15 is 0 Å². The second kappa shape index (κ2) is 19.5. The SMILES string of the molecule is CC(C)N1CCN(C(=O)CCOCCOCCOCCOCCNC(=O)CCCCC2SCC3NC(=O)NC32)CC1. The van der Waals surface area contributed by atoms with Gasteiger partial charge in [-0.1, -0.05) is 6.42 Å². The fourth-order valence-corrected chi connectivity index (χ4v) is 6.74. The lowest BCUT2D eigenvalue weighted by Gasteiger charge is -2.37. The lowest BCUT2D eigenvalue weighted by molar-refractivity contribution is -0.134. The third kappa shape index (κ3) is 13.0. The minimum atomic E-state index is -0.0575. The fraction of sp³-hybridized carbons (Fsp3) is 0.893. The first kappa shape index (κ1) is 33.9. The Hall–Kier alpha value is -1.64. The summed E-state index contributed by atoms with van der Waals surface area (Å²) in [6, 6.07) is 0.948. The van der Waals surface area contributed by atoms with Crippen LogP contribution in [0.3, 0.4) is 0 Å². The summed E-state index contributed by atoms with van der Waals surface area (Å²) in [6.45, 7) is 12.0. The fourth-order valence-electron chi connectivity index (χ4n) is 5.19. The molecule has 41 heavy (non-hydrogen) atoms. The van der Waals surface area contributed by atoms with Crippen LogP contribution in [-0.4, -0.2) is 142 Å². The van der Waals surface area contributed by atoms with Gasteiger partial charge < -0.3 is 39.8 Å². The highest BCUT2D eigenvalue weighted by molar-refractivity contribution is 8.00. The molecule has 0 aromatic rings. The second-order valence-electron chi connectivity index (χ2n) is 10.9. The number of thioether (sulfide) groups is 1. The largest absolute Gasteiger partial charge is 0.379 e. The molecule has 3 fully saturated rings. The van der Waals surface area contributed by atoms with Gasteiger partial charge in [0.05, 0.1) is 71.4 Å². The van der Waals surface area contributed by atoms with Crippen LogP contribution < -0.4 is 16.0 Å². The van der Waals surface area contributed by atoms with Crippen molar-refractivity contribution in [3.63, 3.8) is 0 Å². The molecule has 13 heteroatoms. The van der Waals surface area contributed by atoms with Gasteiger partial charge in [-0.25, -0.2) is 4.79 Å². The smallest absolute Gasteiger partial charge is 0.315 e. The maximum atomic E-state index is 12.3. The quantitative estimate of drug-likeness (QED) is 0.129. The highest BCUT2D eigenvalue weighted by atomic mass is 32.2. The van der Waals surface area contributed by atoms with Gasteiger partial charge in [-0.15, -0.1) is 0 Å². The Morgan fingerprint density at radius 3 is 2.17 bits per heavy atom. The number of hydrogen-bond acceptors (Lipinski definition) is 9. The van der Waals surface area contributed by atoms with Crippen molar-refractivity contribution in [3.05, 3.63) is 0 Å². The lowest BCUT2D eigenvalue weighted by atomic mass is 10.0. The normalized spacial score (nSPS) is 22.6. The molecule has 0 aliphatic carbocycles. The van der Waals surface area contributed by atoms with Crippen molar-refractivity contribution in [2.45, 2.75) is 69.3 Å². The predicted octanol–water partition coefficient (Wildman–Crippen LogP) is 0.838. The number of rotatable bonds is 21. The van der Waals surface area contributed by atoms with Gasteiger partial charge in [0.15, 0.2) is 0 Å². The molecule has 4 amide bonds. The Bertz CT molecular complexity index is 785. The molecule has 3 heterocycles. The zero-order valence-corrected chi connectivity index (χ0v) is 25.7. The Morgan fingerprint density at radius 1 is 0.878 bits per heavy atom. The number of carbonyl (C=O) groups is 3. The Balaban J connectivity index is 1.00. The van der Waals surface area contributed by atoms with Gasteiger partial charge in [0.25, 0.3) is 0 Å². The molecule has 3 aliphatic heterocycles. The third-order valence-electron chi connectivity index (χ3n) is 7.62. The molecule has 0 saturated carbocycles. The van der Waals surface area contributed by atoms with E-state index in [0.717, 1.165) is 51.2 Å². The van der Waals surface area contributed by atoms with E-state index in [1.54, 1.807) is 0 Å². The van der Waals surface area contributed by atoms with Crippen molar-refractivity contribution in [1.82, 2.24) is 25.8 Å². The van der Waals surface area contributed by atoms with Gasteiger partial charge in [0.2, 0.25) is 11.8 Å².